The first-order valence-electron chi connectivity index (χ1n) is 6.43. The molecule has 2 nitrogen and oxygen atoms in total. The van der Waals surface area contributed by atoms with Crippen molar-refractivity contribution < 1.29 is 4.39 Å². The standard InChI is InChI=1S/C15H13Cl2FN2S2/c16-10-1-4-12(5-2-10)22-8-7-19-15(21)20-11-3-6-14(18)13(17)9-11/h1-6,9H,7-8H2,(H2,19,20,21). The summed E-state index contributed by atoms with van der Waals surface area (Å²) in [6.45, 7) is 0.702. The summed E-state index contributed by atoms with van der Waals surface area (Å²) < 4.78 is 13.1. The highest BCUT2D eigenvalue weighted by molar-refractivity contribution is 7.99. The van der Waals surface area contributed by atoms with E-state index >= 15 is 0 Å². The predicted octanol–water partition coefficient (Wildman–Crippen LogP) is 5.21. The van der Waals surface area contributed by atoms with Crippen LogP contribution in [0, 0.1) is 5.82 Å². The Morgan fingerprint density at radius 3 is 2.55 bits per heavy atom. The number of thioether (sulfide) groups is 1. The van der Waals surface area contributed by atoms with Gasteiger partial charge in [-0.3, -0.25) is 0 Å². The zero-order chi connectivity index (χ0) is 15.9. The molecule has 0 aliphatic heterocycles. The van der Waals surface area contributed by atoms with Crippen molar-refractivity contribution in [2.45, 2.75) is 4.90 Å². The molecule has 0 fully saturated rings. The Balaban J connectivity index is 1.71. The number of hydrogen-bond acceptors (Lipinski definition) is 2. The van der Waals surface area contributed by atoms with Gasteiger partial charge in [0.1, 0.15) is 5.82 Å². The fourth-order valence-corrected chi connectivity index (χ4v) is 2.91. The summed E-state index contributed by atoms with van der Waals surface area (Å²) in [5.74, 6) is 0.402. The van der Waals surface area contributed by atoms with E-state index in [4.69, 9.17) is 35.4 Å². The fraction of sp³-hybridized carbons (Fsp3) is 0.133. The molecular weight excluding hydrogens is 362 g/mol. The lowest BCUT2D eigenvalue weighted by Crippen LogP contribution is -2.30. The van der Waals surface area contributed by atoms with E-state index in [0.29, 0.717) is 17.3 Å². The molecule has 0 aliphatic carbocycles. The second-order valence-electron chi connectivity index (χ2n) is 4.31. The summed E-state index contributed by atoms with van der Waals surface area (Å²) in [7, 11) is 0. The smallest absolute Gasteiger partial charge is 0.170 e. The maximum atomic E-state index is 13.1. The van der Waals surface area contributed by atoms with E-state index in [9.17, 15) is 4.39 Å². The van der Waals surface area contributed by atoms with Gasteiger partial charge in [-0.1, -0.05) is 23.2 Å². The van der Waals surface area contributed by atoms with Gasteiger partial charge in [0.05, 0.1) is 5.02 Å². The molecule has 2 aromatic rings. The van der Waals surface area contributed by atoms with Crippen LogP contribution in [0.15, 0.2) is 47.4 Å². The van der Waals surface area contributed by atoms with Crippen molar-refractivity contribution in [3.63, 3.8) is 0 Å². The quantitative estimate of drug-likeness (QED) is 0.426. The molecule has 2 aromatic carbocycles. The Morgan fingerprint density at radius 2 is 1.86 bits per heavy atom. The van der Waals surface area contributed by atoms with Crippen LogP contribution in [0.2, 0.25) is 10.0 Å². The summed E-state index contributed by atoms with van der Waals surface area (Å²) in [4.78, 5) is 1.15. The zero-order valence-corrected chi connectivity index (χ0v) is 14.6. The molecule has 2 N–H and O–H groups in total. The minimum absolute atomic E-state index is 0.0612. The van der Waals surface area contributed by atoms with Gasteiger partial charge >= 0.3 is 0 Å². The van der Waals surface area contributed by atoms with Gasteiger partial charge in [0.25, 0.3) is 0 Å². The number of nitrogens with one attached hydrogen (secondary N) is 2. The molecule has 0 bridgehead atoms. The predicted molar refractivity (Wildman–Crippen MR) is 97.8 cm³/mol. The number of anilines is 1. The molecule has 0 aliphatic rings. The molecule has 0 amide bonds. The first kappa shape index (κ1) is 17.3. The van der Waals surface area contributed by atoms with Crippen molar-refractivity contribution >= 4 is 58.0 Å². The minimum Gasteiger partial charge on any atom is -0.362 e. The molecule has 0 saturated carbocycles. The fourth-order valence-electron chi connectivity index (χ4n) is 1.61. The molecule has 0 saturated heterocycles. The Bertz CT molecular complexity index is 650. The van der Waals surface area contributed by atoms with Crippen LogP contribution in [-0.2, 0) is 0 Å². The van der Waals surface area contributed by atoms with Gasteiger partial charge in [-0.05, 0) is 54.7 Å². The third-order valence-corrected chi connectivity index (χ3v) is 4.45. The van der Waals surface area contributed by atoms with Crippen molar-refractivity contribution in [2.75, 3.05) is 17.6 Å². The summed E-state index contributed by atoms with van der Waals surface area (Å²) in [5.41, 5.74) is 0.647. The maximum Gasteiger partial charge on any atom is 0.170 e. The highest BCUT2D eigenvalue weighted by Crippen LogP contribution is 2.20. The largest absolute Gasteiger partial charge is 0.362 e. The lowest BCUT2D eigenvalue weighted by atomic mass is 10.3. The van der Waals surface area contributed by atoms with E-state index < -0.39 is 5.82 Å². The average molecular weight is 375 g/mol. The third-order valence-electron chi connectivity index (χ3n) is 2.65. The van der Waals surface area contributed by atoms with E-state index in [1.54, 1.807) is 17.8 Å². The third kappa shape index (κ3) is 5.65. The SMILES string of the molecule is Fc1ccc(NC(=S)NCCSc2ccc(Cl)cc2)cc1Cl. The van der Waals surface area contributed by atoms with Crippen LogP contribution < -0.4 is 10.6 Å². The molecule has 0 spiro atoms. The van der Waals surface area contributed by atoms with Crippen molar-refractivity contribution in [3.05, 3.63) is 58.3 Å². The number of rotatable bonds is 5. The van der Waals surface area contributed by atoms with Crippen LogP contribution in [-0.4, -0.2) is 17.4 Å². The number of hydrogen-bond donors (Lipinski definition) is 2. The van der Waals surface area contributed by atoms with Gasteiger partial charge in [0, 0.05) is 27.9 Å². The Labute approximate surface area is 148 Å². The van der Waals surface area contributed by atoms with E-state index in [2.05, 4.69) is 10.6 Å². The van der Waals surface area contributed by atoms with Gasteiger partial charge in [-0.2, -0.15) is 0 Å². The molecule has 7 heteroatoms. The van der Waals surface area contributed by atoms with Gasteiger partial charge < -0.3 is 10.6 Å². The van der Waals surface area contributed by atoms with Gasteiger partial charge in [0.2, 0.25) is 0 Å². The lowest BCUT2D eigenvalue weighted by molar-refractivity contribution is 0.628. The Kier molecular flexibility index (Phi) is 6.76. The highest BCUT2D eigenvalue weighted by atomic mass is 35.5. The zero-order valence-electron chi connectivity index (χ0n) is 11.4. The normalized spacial score (nSPS) is 10.3. The summed E-state index contributed by atoms with van der Waals surface area (Å²) in [6, 6.07) is 12.0. The molecule has 0 atom stereocenters. The monoisotopic (exact) mass is 374 g/mol. The summed E-state index contributed by atoms with van der Waals surface area (Å²) in [5, 5.41) is 7.30. The first-order chi connectivity index (χ1) is 10.5. The van der Waals surface area contributed by atoms with Crippen LogP contribution in [0.5, 0.6) is 0 Å². The minimum atomic E-state index is -0.453. The van der Waals surface area contributed by atoms with Gasteiger partial charge in [-0.25, -0.2) is 4.39 Å². The average Bonchev–Trinajstić information content (AvgIpc) is 2.49. The number of halogens is 3. The Hall–Kier alpha value is -1.01. The van der Waals surface area contributed by atoms with Crippen LogP contribution in [0.25, 0.3) is 0 Å². The lowest BCUT2D eigenvalue weighted by Gasteiger charge is -2.10. The molecule has 22 heavy (non-hydrogen) atoms. The summed E-state index contributed by atoms with van der Waals surface area (Å²) in [6.07, 6.45) is 0. The number of benzene rings is 2. The number of thiocarbonyl (C=S) groups is 1. The van der Waals surface area contributed by atoms with Crippen LogP contribution >= 0.6 is 47.2 Å². The van der Waals surface area contributed by atoms with Gasteiger partial charge in [0.15, 0.2) is 5.11 Å². The van der Waals surface area contributed by atoms with E-state index in [-0.39, 0.29) is 5.02 Å². The van der Waals surface area contributed by atoms with Gasteiger partial charge in [-0.15, -0.1) is 11.8 Å². The second-order valence-corrected chi connectivity index (χ2v) is 6.73. The molecule has 116 valence electrons. The van der Waals surface area contributed by atoms with Crippen LogP contribution in [0.1, 0.15) is 0 Å². The molecule has 0 radical (unpaired) electrons. The molecule has 0 aromatic heterocycles. The van der Waals surface area contributed by atoms with E-state index in [1.807, 2.05) is 24.3 Å². The van der Waals surface area contributed by atoms with Crippen molar-refractivity contribution in [3.8, 4) is 0 Å². The van der Waals surface area contributed by atoms with E-state index in [1.165, 1.54) is 12.1 Å². The molecular formula is C15H13Cl2FN2S2. The van der Waals surface area contributed by atoms with Crippen molar-refractivity contribution in [1.82, 2.24) is 5.32 Å². The van der Waals surface area contributed by atoms with Crippen LogP contribution in [0.4, 0.5) is 10.1 Å². The highest BCUT2D eigenvalue weighted by Gasteiger charge is 2.02. The van der Waals surface area contributed by atoms with Crippen LogP contribution in [0.3, 0.4) is 0 Å². The maximum absolute atomic E-state index is 13.1. The van der Waals surface area contributed by atoms with Crippen molar-refractivity contribution in [1.29, 1.82) is 0 Å². The second kappa shape index (κ2) is 8.58. The summed E-state index contributed by atoms with van der Waals surface area (Å²) >= 11 is 18.4. The first-order valence-corrected chi connectivity index (χ1v) is 8.58. The molecule has 0 unspecified atom stereocenters. The topological polar surface area (TPSA) is 24.1 Å². The van der Waals surface area contributed by atoms with Crippen molar-refractivity contribution in [2.24, 2.45) is 0 Å². The molecule has 2 rings (SSSR count). The Morgan fingerprint density at radius 1 is 1.14 bits per heavy atom. The van der Waals surface area contributed by atoms with E-state index in [0.717, 1.165) is 15.7 Å². The molecule has 0 heterocycles.